The molecular weight excluding hydrogens is 240 g/mol. The van der Waals surface area contributed by atoms with Crippen molar-refractivity contribution in [2.24, 2.45) is 5.92 Å². The third-order valence-electron chi connectivity index (χ3n) is 2.90. The highest BCUT2D eigenvalue weighted by atomic mass is 16.3. The monoisotopic (exact) mass is 278 g/mol. The van der Waals surface area contributed by atoms with Gasteiger partial charge in [-0.25, -0.2) is 0 Å². The molecule has 0 bridgehead atoms. The van der Waals surface area contributed by atoms with E-state index in [0.717, 1.165) is 25.7 Å². The van der Waals surface area contributed by atoms with Crippen molar-refractivity contribution in [1.82, 2.24) is 0 Å². The molecule has 0 aromatic rings. The molecule has 19 heavy (non-hydrogen) atoms. The summed E-state index contributed by atoms with van der Waals surface area (Å²) in [4.78, 5) is 0. The molecule has 0 spiro atoms. The predicted octanol–water partition coefficient (Wildman–Crippen LogP) is 3.75. The van der Waals surface area contributed by atoms with Crippen LogP contribution < -0.4 is 0 Å². The molecule has 2 atom stereocenters. The molecule has 3 nitrogen and oxygen atoms in total. The van der Waals surface area contributed by atoms with Gasteiger partial charge in [0.1, 0.15) is 0 Å². The summed E-state index contributed by atoms with van der Waals surface area (Å²) in [7, 11) is 0. The maximum absolute atomic E-state index is 8.75. The third-order valence-corrected chi connectivity index (χ3v) is 2.90. The van der Waals surface area contributed by atoms with E-state index in [0.29, 0.717) is 19.1 Å². The lowest BCUT2D eigenvalue weighted by Crippen LogP contribution is -2.03. The smallest absolute Gasteiger partial charge is 0.0509 e. The molecule has 0 aromatic carbocycles. The Morgan fingerprint density at radius 1 is 0.842 bits per heavy atom. The van der Waals surface area contributed by atoms with Crippen molar-refractivity contribution in [1.29, 1.82) is 0 Å². The fraction of sp³-hybridized carbons (Fsp3) is 1.00. The molecule has 0 heterocycles. The molecule has 2 unspecified atom stereocenters. The van der Waals surface area contributed by atoms with E-state index in [1.807, 2.05) is 6.92 Å². The van der Waals surface area contributed by atoms with Gasteiger partial charge in [-0.15, -0.1) is 0 Å². The molecule has 3 N–H and O–H groups in total. The van der Waals surface area contributed by atoms with Crippen LogP contribution in [0.4, 0.5) is 0 Å². The van der Waals surface area contributed by atoms with E-state index < -0.39 is 0 Å². The fourth-order valence-corrected chi connectivity index (χ4v) is 1.08. The van der Waals surface area contributed by atoms with E-state index in [9.17, 15) is 0 Å². The van der Waals surface area contributed by atoms with Crippen LogP contribution in [0, 0.1) is 5.92 Å². The zero-order chi connectivity index (χ0) is 15.5. The lowest BCUT2D eigenvalue weighted by Gasteiger charge is -2.08. The van der Waals surface area contributed by atoms with E-state index in [1.165, 1.54) is 19.3 Å². The van der Waals surface area contributed by atoms with Gasteiger partial charge in [-0.1, -0.05) is 53.4 Å². The van der Waals surface area contributed by atoms with E-state index in [2.05, 4.69) is 20.8 Å². The topological polar surface area (TPSA) is 60.7 Å². The number of unbranched alkanes of at least 4 members (excludes halogenated alkanes) is 2. The van der Waals surface area contributed by atoms with Gasteiger partial charge >= 0.3 is 0 Å². The van der Waals surface area contributed by atoms with Gasteiger partial charge in [0.05, 0.1) is 6.10 Å². The van der Waals surface area contributed by atoms with Crippen LogP contribution in [0.2, 0.25) is 0 Å². The highest BCUT2D eigenvalue weighted by molar-refractivity contribution is 4.53. The molecule has 3 heteroatoms. The van der Waals surface area contributed by atoms with Crippen LogP contribution in [-0.2, 0) is 0 Å². The van der Waals surface area contributed by atoms with Crippen molar-refractivity contribution < 1.29 is 15.3 Å². The standard InChI is InChI=1S/C8H18O.2C4H10O/c1-3-5-6-8(4-2)7-9;1-3-4(2)5;1-2-3-4-5/h8-9H,3-7H2,1-2H3;4-5H,3H2,1-2H3;5H,2-4H2,1H3. The van der Waals surface area contributed by atoms with Gasteiger partial charge in [0, 0.05) is 13.2 Å². The zero-order valence-electron chi connectivity index (χ0n) is 13.9. The van der Waals surface area contributed by atoms with E-state index in [-0.39, 0.29) is 6.10 Å². The first-order valence-corrected chi connectivity index (χ1v) is 7.93. The molecule has 0 aliphatic carbocycles. The Morgan fingerprint density at radius 2 is 1.32 bits per heavy atom. The van der Waals surface area contributed by atoms with Gasteiger partial charge < -0.3 is 15.3 Å². The molecule has 0 aliphatic rings. The second kappa shape index (κ2) is 23.0. The molecule has 0 amide bonds. The lowest BCUT2D eigenvalue weighted by atomic mass is 10.0. The summed E-state index contributed by atoms with van der Waals surface area (Å²) < 4.78 is 0. The van der Waals surface area contributed by atoms with Gasteiger partial charge in [-0.05, 0) is 32.1 Å². The quantitative estimate of drug-likeness (QED) is 0.633. The lowest BCUT2D eigenvalue weighted by molar-refractivity contribution is 0.191. The third kappa shape index (κ3) is 31.9. The summed E-state index contributed by atoms with van der Waals surface area (Å²) in [5.41, 5.74) is 0. The van der Waals surface area contributed by atoms with E-state index >= 15 is 0 Å². The van der Waals surface area contributed by atoms with Gasteiger partial charge in [-0.2, -0.15) is 0 Å². The first-order chi connectivity index (χ1) is 9.03. The van der Waals surface area contributed by atoms with Crippen molar-refractivity contribution in [3.63, 3.8) is 0 Å². The minimum Gasteiger partial charge on any atom is -0.396 e. The number of aliphatic hydroxyl groups is 3. The van der Waals surface area contributed by atoms with Crippen molar-refractivity contribution in [2.45, 2.75) is 85.7 Å². The highest BCUT2D eigenvalue weighted by Crippen LogP contribution is 2.10. The number of rotatable bonds is 8. The Balaban J connectivity index is -0.000000219. The van der Waals surface area contributed by atoms with Gasteiger partial charge in [0.25, 0.3) is 0 Å². The van der Waals surface area contributed by atoms with Gasteiger partial charge in [0.15, 0.2) is 0 Å². The summed E-state index contributed by atoms with van der Waals surface area (Å²) in [6, 6.07) is 0. The van der Waals surface area contributed by atoms with Crippen molar-refractivity contribution >= 4 is 0 Å². The summed E-state index contributed by atoms with van der Waals surface area (Å²) >= 11 is 0. The first kappa shape index (κ1) is 23.9. The van der Waals surface area contributed by atoms with E-state index in [1.54, 1.807) is 6.92 Å². The van der Waals surface area contributed by atoms with Crippen molar-refractivity contribution in [3.8, 4) is 0 Å². The van der Waals surface area contributed by atoms with Crippen LogP contribution in [0.5, 0.6) is 0 Å². The Morgan fingerprint density at radius 3 is 1.47 bits per heavy atom. The minimum atomic E-state index is -0.116. The van der Waals surface area contributed by atoms with Crippen LogP contribution in [0.15, 0.2) is 0 Å². The van der Waals surface area contributed by atoms with Crippen molar-refractivity contribution in [2.75, 3.05) is 13.2 Å². The Labute approximate surface area is 121 Å². The molecule has 0 saturated heterocycles. The maximum Gasteiger partial charge on any atom is 0.0509 e. The fourth-order valence-electron chi connectivity index (χ4n) is 1.08. The Kier molecular flexibility index (Phi) is 29.0. The number of hydrogen-bond donors (Lipinski definition) is 3. The zero-order valence-corrected chi connectivity index (χ0v) is 13.9. The summed E-state index contributed by atoms with van der Waals surface area (Å²) in [5.74, 6) is 0.560. The Hall–Kier alpha value is -0.120. The molecule has 0 saturated carbocycles. The number of aliphatic hydroxyl groups excluding tert-OH is 3. The Bertz CT molecular complexity index is 121. The average Bonchev–Trinajstić information content (AvgIpc) is 2.42. The molecule has 0 rings (SSSR count). The largest absolute Gasteiger partial charge is 0.396 e. The second-order valence-corrected chi connectivity index (χ2v) is 4.93. The summed E-state index contributed by atoms with van der Waals surface area (Å²) in [5, 5.41) is 25.2. The van der Waals surface area contributed by atoms with E-state index in [4.69, 9.17) is 15.3 Å². The van der Waals surface area contributed by atoms with Crippen LogP contribution in [0.25, 0.3) is 0 Å². The summed E-state index contributed by atoms with van der Waals surface area (Å²) in [6.07, 6.45) is 7.61. The predicted molar refractivity (Wildman–Crippen MR) is 84.4 cm³/mol. The van der Waals surface area contributed by atoms with Crippen LogP contribution >= 0.6 is 0 Å². The van der Waals surface area contributed by atoms with Gasteiger partial charge in [0.2, 0.25) is 0 Å². The molecule has 0 aromatic heterocycles. The SMILES string of the molecule is CCC(C)O.CCCCC(CC)CO.CCCCO. The molecular formula is C16H38O3. The van der Waals surface area contributed by atoms with Crippen LogP contribution in [-0.4, -0.2) is 34.6 Å². The molecule has 120 valence electrons. The average molecular weight is 278 g/mol. The highest BCUT2D eigenvalue weighted by Gasteiger charge is 2.01. The summed E-state index contributed by atoms with van der Waals surface area (Å²) in [6.45, 7) is 10.8. The minimum absolute atomic E-state index is 0.116. The van der Waals surface area contributed by atoms with Gasteiger partial charge in [-0.3, -0.25) is 0 Å². The molecule has 0 fully saturated rings. The van der Waals surface area contributed by atoms with Crippen LogP contribution in [0.1, 0.15) is 79.6 Å². The van der Waals surface area contributed by atoms with Crippen LogP contribution in [0.3, 0.4) is 0 Å². The maximum atomic E-state index is 8.75. The first-order valence-electron chi connectivity index (χ1n) is 7.93. The number of hydrogen-bond acceptors (Lipinski definition) is 3. The normalized spacial score (nSPS) is 12.6. The molecule has 0 radical (unpaired) electrons. The second-order valence-electron chi connectivity index (χ2n) is 4.93. The molecule has 0 aliphatic heterocycles. The van der Waals surface area contributed by atoms with Crippen molar-refractivity contribution in [3.05, 3.63) is 0 Å².